The first-order chi connectivity index (χ1) is 24.8. The fourth-order valence-electron chi connectivity index (χ4n) is 9.53. The molecule has 264 valence electrons. The summed E-state index contributed by atoms with van der Waals surface area (Å²) in [4.78, 5) is 16.8. The van der Waals surface area contributed by atoms with Gasteiger partial charge in [0.15, 0.2) is 5.82 Å². The number of nitrogens with zero attached hydrogens (tertiary/aromatic N) is 7. The summed E-state index contributed by atoms with van der Waals surface area (Å²) in [5.74, 6) is 1.91. The number of fused-ring (bicyclic) bond motifs is 7. The number of benzene rings is 3. The highest BCUT2D eigenvalue weighted by Crippen LogP contribution is 2.45. The molecule has 2 aromatic heterocycles. The van der Waals surface area contributed by atoms with Crippen LogP contribution in [0.3, 0.4) is 0 Å². The summed E-state index contributed by atoms with van der Waals surface area (Å²) in [5, 5.41) is 7.11. The molecule has 0 saturated carbocycles. The van der Waals surface area contributed by atoms with Crippen LogP contribution in [0.5, 0.6) is 6.01 Å². The van der Waals surface area contributed by atoms with Gasteiger partial charge in [0, 0.05) is 81.4 Å². The number of ether oxygens (including phenoxy) is 2. The lowest BCUT2D eigenvalue weighted by atomic mass is 9.92. The maximum absolute atomic E-state index is 17.6. The molecular formula is C39H40F3N7O2. The summed E-state index contributed by atoms with van der Waals surface area (Å²) in [6, 6.07) is 9.00. The Morgan fingerprint density at radius 3 is 2.65 bits per heavy atom. The standard InChI is InChI=1S/C39H40F3N7O2/c1-4-27-30(41)12-9-23-7-5-8-28(31(23)27)32-34(42)36-33(29-21-46(2)45-35(29)32)37(47-19-25-10-11-26(20-47)49(25)15-16-50-3)44-38(43-36)51-22-39-13-6-14-48(39)18-24(40)17-39/h1,5,7-9,12,21,24-26H,6,10-11,13-20,22H2,2-3H3/t24-,25-,26+,39+/m1/s1. The second-order valence-corrected chi connectivity index (χ2v) is 14.7. The number of terminal acetylenes is 1. The Kier molecular flexibility index (Phi) is 7.87. The second-order valence-electron chi connectivity index (χ2n) is 14.7. The van der Waals surface area contributed by atoms with Gasteiger partial charge in [-0.3, -0.25) is 14.5 Å². The predicted octanol–water partition coefficient (Wildman–Crippen LogP) is 5.85. The quantitative estimate of drug-likeness (QED) is 0.188. The van der Waals surface area contributed by atoms with Crippen LogP contribution in [0.4, 0.5) is 19.0 Å². The van der Waals surface area contributed by atoms with Crippen molar-refractivity contribution in [3.05, 3.63) is 53.7 Å². The summed E-state index contributed by atoms with van der Waals surface area (Å²) >= 11 is 0. The van der Waals surface area contributed by atoms with Crippen molar-refractivity contribution in [3.8, 4) is 29.5 Å². The molecule has 4 fully saturated rings. The van der Waals surface area contributed by atoms with Crippen LogP contribution in [0.1, 0.15) is 37.7 Å². The third-order valence-electron chi connectivity index (χ3n) is 11.8. The SMILES string of the molecule is C#Cc1c(F)ccc2cccc(-c3c(F)c4nc(OC[C@@]56CCCN5C[C@H](F)C6)nc(N5C[C@H]6CC[C@@H](C5)N6CCOC)c4c4cn(C)nc34)c12. The normalized spacial score (nSPS) is 25.0. The van der Waals surface area contributed by atoms with Crippen molar-refractivity contribution in [2.75, 3.05) is 57.9 Å². The van der Waals surface area contributed by atoms with Crippen LogP contribution in [0.15, 0.2) is 36.5 Å². The lowest BCUT2D eigenvalue weighted by molar-refractivity contribution is 0.105. The molecule has 0 spiro atoms. The van der Waals surface area contributed by atoms with Crippen molar-refractivity contribution in [2.24, 2.45) is 7.05 Å². The number of aromatic nitrogens is 4. The van der Waals surface area contributed by atoms with E-state index in [0.717, 1.165) is 38.8 Å². The monoisotopic (exact) mass is 695 g/mol. The van der Waals surface area contributed by atoms with E-state index in [1.165, 1.54) is 6.07 Å². The second kappa shape index (κ2) is 12.4. The molecule has 4 aliphatic rings. The van der Waals surface area contributed by atoms with Gasteiger partial charge in [0.25, 0.3) is 0 Å². The molecule has 51 heavy (non-hydrogen) atoms. The molecule has 2 bridgehead atoms. The van der Waals surface area contributed by atoms with Crippen molar-refractivity contribution < 1.29 is 22.6 Å². The average Bonchev–Trinajstić information content (AvgIpc) is 3.84. The van der Waals surface area contributed by atoms with Crippen molar-refractivity contribution in [2.45, 2.75) is 55.9 Å². The van der Waals surface area contributed by atoms with Gasteiger partial charge in [-0.25, -0.2) is 13.2 Å². The van der Waals surface area contributed by atoms with E-state index < -0.39 is 23.3 Å². The summed E-state index contributed by atoms with van der Waals surface area (Å²) in [5.41, 5.74) is 0.732. The van der Waals surface area contributed by atoms with Gasteiger partial charge in [-0.15, -0.1) is 6.42 Å². The van der Waals surface area contributed by atoms with E-state index in [1.54, 1.807) is 37.0 Å². The molecule has 0 unspecified atom stereocenters. The topological polar surface area (TPSA) is 71.8 Å². The molecule has 0 radical (unpaired) electrons. The zero-order valence-corrected chi connectivity index (χ0v) is 28.8. The fraction of sp³-hybridized carbons (Fsp3) is 0.462. The molecule has 0 N–H and O–H groups in total. The molecule has 4 atom stereocenters. The maximum Gasteiger partial charge on any atom is 0.319 e. The van der Waals surface area contributed by atoms with Crippen molar-refractivity contribution in [3.63, 3.8) is 0 Å². The Morgan fingerprint density at radius 2 is 1.86 bits per heavy atom. The third kappa shape index (κ3) is 5.15. The number of rotatable bonds is 8. The number of anilines is 1. The molecular weight excluding hydrogens is 655 g/mol. The van der Waals surface area contributed by atoms with Crippen molar-refractivity contribution >= 4 is 38.4 Å². The Hall–Kier alpha value is -4.44. The molecule has 12 heteroatoms. The molecule has 3 aromatic carbocycles. The van der Waals surface area contributed by atoms with Gasteiger partial charge in [-0.05, 0) is 49.2 Å². The van der Waals surface area contributed by atoms with Gasteiger partial charge >= 0.3 is 6.01 Å². The summed E-state index contributed by atoms with van der Waals surface area (Å²) in [6.45, 7) is 4.34. The van der Waals surface area contributed by atoms with Gasteiger partial charge < -0.3 is 14.4 Å². The zero-order valence-electron chi connectivity index (χ0n) is 28.8. The van der Waals surface area contributed by atoms with E-state index >= 15 is 8.78 Å². The van der Waals surface area contributed by atoms with Crippen LogP contribution >= 0.6 is 0 Å². The summed E-state index contributed by atoms with van der Waals surface area (Å²) < 4.78 is 60.9. The predicted molar refractivity (Wildman–Crippen MR) is 191 cm³/mol. The molecule has 6 heterocycles. The Labute approximate surface area is 294 Å². The lowest BCUT2D eigenvalue weighted by Crippen LogP contribution is -2.54. The Balaban J connectivity index is 1.25. The number of methoxy groups -OCH3 is 1. The van der Waals surface area contributed by atoms with E-state index in [9.17, 15) is 4.39 Å². The van der Waals surface area contributed by atoms with Crippen LogP contribution in [0.2, 0.25) is 0 Å². The highest BCUT2D eigenvalue weighted by molar-refractivity contribution is 6.18. The van der Waals surface area contributed by atoms with Crippen molar-refractivity contribution in [1.29, 1.82) is 0 Å². The molecule has 4 aliphatic heterocycles. The van der Waals surface area contributed by atoms with E-state index in [4.69, 9.17) is 31.0 Å². The Morgan fingerprint density at radius 1 is 1.04 bits per heavy atom. The highest BCUT2D eigenvalue weighted by Gasteiger charge is 2.49. The minimum absolute atomic E-state index is 0.0524. The molecule has 4 saturated heterocycles. The first-order valence-electron chi connectivity index (χ1n) is 17.8. The lowest BCUT2D eigenvalue weighted by Gasteiger charge is -2.41. The summed E-state index contributed by atoms with van der Waals surface area (Å²) in [7, 11) is 3.52. The van der Waals surface area contributed by atoms with Crippen molar-refractivity contribution in [1.82, 2.24) is 29.5 Å². The first-order valence-corrected chi connectivity index (χ1v) is 17.8. The zero-order chi connectivity index (χ0) is 35.0. The van der Waals surface area contributed by atoms with E-state index in [-0.39, 0.29) is 29.3 Å². The first kappa shape index (κ1) is 32.5. The average molecular weight is 696 g/mol. The molecule has 0 amide bonds. The third-order valence-corrected chi connectivity index (χ3v) is 11.8. The largest absolute Gasteiger partial charge is 0.461 e. The number of hydrogen-bond donors (Lipinski definition) is 0. The van der Waals surface area contributed by atoms with E-state index in [2.05, 4.69) is 20.6 Å². The van der Waals surface area contributed by atoms with Crippen LogP contribution in [-0.2, 0) is 11.8 Å². The summed E-state index contributed by atoms with van der Waals surface area (Å²) in [6.07, 6.45) is 11.1. The Bertz CT molecular complexity index is 2220. The van der Waals surface area contributed by atoms with Gasteiger partial charge in [0.2, 0.25) is 0 Å². The number of hydrogen-bond acceptors (Lipinski definition) is 8. The molecule has 9 rings (SSSR count). The minimum atomic E-state index is -0.913. The van der Waals surface area contributed by atoms with Gasteiger partial charge in [0.1, 0.15) is 35.4 Å². The highest BCUT2D eigenvalue weighted by atomic mass is 19.1. The molecule has 5 aromatic rings. The number of alkyl halides is 1. The fourth-order valence-corrected chi connectivity index (χ4v) is 9.53. The van der Waals surface area contributed by atoms with Crippen LogP contribution in [0.25, 0.3) is 43.7 Å². The van der Waals surface area contributed by atoms with Gasteiger partial charge in [-0.2, -0.15) is 15.1 Å². The van der Waals surface area contributed by atoms with Crippen LogP contribution < -0.4 is 9.64 Å². The number of halogens is 3. The molecule has 0 aliphatic carbocycles. The number of aryl methyl sites for hydroxylation is 1. The minimum Gasteiger partial charge on any atom is -0.461 e. The smallest absolute Gasteiger partial charge is 0.319 e. The van der Waals surface area contributed by atoms with Gasteiger partial charge in [-0.1, -0.05) is 30.2 Å². The van der Waals surface area contributed by atoms with E-state index in [0.29, 0.717) is 83.2 Å². The maximum atomic E-state index is 17.6. The van der Waals surface area contributed by atoms with Gasteiger partial charge in [0.05, 0.1) is 23.1 Å². The van der Waals surface area contributed by atoms with Crippen LogP contribution in [-0.4, -0.2) is 106 Å². The van der Waals surface area contributed by atoms with Crippen LogP contribution in [0, 0.1) is 24.0 Å². The van der Waals surface area contributed by atoms with E-state index in [1.807, 2.05) is 12.3 Å². The number of piperazine rings is 1. The molecule has 9 nitrogen and oxygen atoms in total.